The third kappa shape index (κ3) is 4.31. The number of aryl methyl sites for hydroxylation is 2. The highest BCUT2D eigenvalue weighted by Gasteiger charge is 2.34. The van der Waals surface area contributed by atoms with Crippen LogP contribution in [0.25, 0.3) is 11.2 Å². The minimum Gasteiger partial charge on any atom is -0.341 e. The number of imidazole rings is 1. The number of nitrogens with zero attached hydrogens (tertiary/aromatic N) is 5. The number of carbonyl (C=O) groups excluding carboxylic acids is 2. The molecule has 0 atom stereocenters. The Hall–Kier alpha value is -3.22. The van der Waals surface area contributed by atoms with Gasteiger partial charge in [-0.2, -0.15) is 0 Å². The Labute approximate surface area is 181 Å². The molecule has 3 aromatic rings. The van der Waals surface area contributed by atoms with Crippen LogP contribution >= 0.6 is 0 Å². The van der Waals surface area contributed by atoms with E-state index in [4.69, 9.17) is 0 Å². The molecule has 0 bridgehead atoms. The van der Waals surface area contributed by atoms with Crippen LogP contribution in [-0.2, 0) is 17.8 Å². The number of carbonyl (C=O) groups is 2. The second-order valence-corrected chi connectivity index (χ2v) is 8.49. The van der Waals surface area contributed by atoms with Crippen molar-refractivity contribution in [2.75, 3.05) is 26.2 Å². The quantitative estimate of drug-likeness (QED) is 0.640. The fourth-order valence-electron chi connectivity index (χ4n) is 4.24. The molecular formula is C24H27N5O2. The Morgan fingerprint density at radius 2 is 1.74 bits per heavy atom. The van der Waals surface area contributed by atoms with Crippen molar-refractivity contribution in [3.63, 3.8) is 0 Å². The number of rotatable bonds is 5. The molecule has 0 radical (unpaired) electrons. The normalized spacial score (nSPS) is 17.0. The molecule has 0 unspecified atom stereocenters. The summed E-state index contributed by atoms with van der Waals surface area (Å²) in [4.78, 5) is 38.2. The van der Waals surface area contributed by atoms with Gasteiger partial charge in [0.05, 0.1) is 11.9 Å². The summed E-state index contributed by atoms with van der Waals surface area (Å²) in [5.74, 6) is 0.457. The van der Waals surface area contributed by atoms with E-state index in [0.29, 0.717) is 25.2 Å². The molecule has 31 heavy (non-hydrogen) atoms. The molecular weight excluding hydrogens is 390 g/mol. The largest absolute Gasteiger partial charge is 0.341 e. The number of benzene rings is 1. The Balaban J connectivity index is 1.25. The average molecular weight is 418 g/mol. The lowest BCUT2D eigenvalue weighted by atomic mass is 10.1. The SMILES string of the molecule is O=C(c1cnc2c(c1)ncn2CCc1ccccc1)N1CCCN(C(=O)C2CC2)CC1. The smallest absolute Gasteiger partial charge is 0.255 e. The minimum absolute atomic E-state index is 0.0334. The first-order chi connectivity index (χ1) is 15.2. The van der Waals surface area contributed by atoms with Gasteiger partial charge < -0.3 is 14.4 Å². The summed E-state index contributed by atoms with van der Waals surface area (Å²) < 4.78 is 2.03. The minimum atomic E-state index is -0.0334. The Morgan fingerprint density at radius 1 is 0.968 bits per heavy atom. The summed E-state index contributed by atoms with van der Waals surface area (Å²) in [5.41, 5.74) is 3.36. The molecule has 2 fully saturated rings. The maximum absolute atomic E-state index is 13.1. The third-order valence-corrected chi connectivity index (χ3v) is 6.21. The molecule has 7 nitrogen and oxygen atoms in total. The van der Waals surface area contributed by atoms with Crippen LogP contribution in [-0.4, -0.2) is 62.3 Å². The van der Waals surface area contributed by atoms with Gasteiger partial charge in [0.15, 0.2) is 5.65 Å². The van der Waals surface area contributed by atoms with Crippen LogP contribution in [0.4, 0.5) is 0 Å². The second-order valence-electron chi connectivity index (χ2n) is 8.49. The van der Waals surface area contributed by atoms with Crippen LogP contribution in [0, 0.1) is 5.92 Å². The molecule has 0 spiro atoms. The molecule has 7 heteroatoms. The van der Waals surface area contributed by atoms with Crippen LogP contribution < -0.4 is 0 Å². The van der Waals surface area contributed by atoms with Gasteiger partial charge in [-0.3, -0.25) is 9.59 Å². The highest BCUT2D eigenvalue weighted by molar-refractivity contribution is 5.96. The van der Waals surface area contributed by atoms with Crippen molar-refractivity contribution in [2.24, 2.45) is 5.92 Å². The highest BCUT2D eigenvalue weighted by Crippen LogP contribution is 2.31. The zero-order valence-corrected chi connectivity index (χ0v) is 17.6. The molecule has 5 rings (SSSR count). The maximum Gasteiger partial charge on any atom is 0.255 e. The van der Waals surface area contributed by atoms with Crippen molar-refractivity contribution in [3.8, 4) is 0 Å². The van der Waals surface area contributed by atoms with Crippen LogP contribution in [0.1, 0.15) is 35.2 Å². The highest BCUT2D eigenvalue weighted by atomic mass is 16.2. The van der Waals surface area contributed by atoms with Crippen LogP contribution in [0.2, 0.25) is 0 Å². The van der Waals surface area contributed by atoms with E-state index < -0.39 is 0 Å². The predicted octanol–water partition coefficient (Wildman–Crippen LogP) is 2.76. The summed E-state index contributed by atoms with van der Waals surface area (Å²) in [6.45, 7) is 3.38. The number of fused-ring (bicyclic) bond motifs is 1. The van der Waals surface area contributed by atoms with E-state index in [1.165, 1.54) is 5.56 Å². The first kappa shape index (κ1) is 19.7. The van der Waals surface area contributed by atoms with Crippen LogP contribution in [0.5, 0.6) is 0 Å². The van der Waals surface area contributed by atoms with Gasteiger partial charge in [-0.05, 0) is 37.3 Å². The van der Waals surface area contributed by atoms with Crippen LogP contribution in [0.3, 0.4) is 0 Å². The zero-order chi connectivity index (χ0) is 21.2. The van der Waals surface area contributed by atoms with Gasteiger partial charge in [-0.15, -0.1) is 0 Å². The fourth-order valence-corrected chi connectivity index (χ4v) is 4.24. The van der Waals surface area contributed by atoms with E-state index in [2.05, 4.69) is 22.1 Å². The van der Waals surface area contributed by atoms with Gasteiger partial charge in [-0.25, -0.2) is 9.97 Å². The lowest BCUT2D eigenvalue weighted by Gasteiger charge is -2.22. The topological polar surface area (TPSA) is 71.3 Å². The first-order valence-corrected chi connectivity index (χ1v) is 11.1. The molecule has 160 valence electrons. The molecule has 3 heterocycles. The first-order valence-electron chi connectivity index (χ1n) is 11.1. The number of pyridine rings is 1. The number of hydrogen-bond acceptors (Lipinski definition) is 4. The van der Waals surface area contributed by atoms with E-state index in [9.17, 15) is 9.59 Å². The van der Waals surface area contributed by atoms with Gasteiger partial charge in [0.25, 0.3) is 5.91 Å². The lowest BCUT2D eigenvalue weighted by molar-refractivity contribution is -0.132. The predicted molar refractivity (Wildman–Crippen MR) is 117 cm³/mol. The standard InChI is InChI=1S/C24H27N5O2/c30-23(19-7-8-19)27-10-4-11-28(14-13-27)24(31)20-15-21-22(25-16-20)29(17-26-21)12-9-18-5-2-1-3-6-18/h1-3,5-6,15-17,19H,4,7-14H2. The fraction of sp³-hybridized carbons (Fsp3) is 0.417. The maximum atomic E-state index is 13.1. The second kappa shape index (κ2) is 8.49. The van der Waals surface area contributed by atoms with Crippen molar-refractivity contribution in [3.05, 3.63) is 60.0 Å². The average Bonchev–Trinajstić information content (AvgIpc) is 3.61. The molecule has 0 N–H and O–H groups in total. The molecule has 1 saturated carbocycles. The van der Waals surface area contributed by atoms with E-state index in [-0.39, 0.29) is 17.7 Å². The summed E-state index contributed by atoms with van der Waals surface area (Å²) >= 11 is 0. The Morgan fingerprint density at radius 3 is 2.55 bits per heavy atom. The van der Waals surface area contributed by atoms with Crippen LogP contribution in [0.15, 0.2) is 48.9 Å². The lowest BCUT2D eigenvalue weighted by Crippen LogP contribution is -2.38. The third-order valence-electron chi connectivity index (χ3n) is 6.21. The van der Waals surface area contributed by atoms with E-state index in [0.717, 1.165) is 49.9 Å². The number of amides is 2. The Kier molecular flexibility index (Phi) is 5.40. The Bertz CT molecular complexity index is 1090. The van der Waals surface area contributed by atoms with Gasteiger partial charge in [0.1, 0.15) is 5.52 Å². The van der Waals surface area contributed by atoms with E-state index in [1.54, 1.807) is 12.5 Å². The van der Waals surface area contributed by atoms with E-state index >= 15 is 0 Å². The summed E-state index contributed by atoms with van der Waals surface area (Å²) in [5, 5.41) is 0. The molecule has 1 aliphatic carbocycles. The van der Waals surface area contributed by atoms with Crippen molar-refractivity contribution in [1.82, 2.24) is 24.3 Å². The van der Waals surface area contributed by atoms with Gasteiger partial charge in [0.2, 0.25) is 5.91 Å². The van der Waals surface area contributed by atoms with Crippen molar-refractivity contribution in [2.45, 2.75) is 32.2 Å². The number of hydrogen-bond donors (Lipinski definition) is 0. The monoisotopic (exact) mass is 417 g/mol. The summed E-state index contributed by atoms with van der Waals surface area (Å²) in [6, 6.07) is 12.2. The molecule has 2 aromatic heterocycles. The summed E-state index contributed by atoms with van der Waals surface area (Å²) in [6.07, 6.45) is 7.20. The van der Waals surface area contributed by atoms with Gasteiger partial charge in [-0.1, -0.05) is 30.3 Å². The van der Waals surface area contributed by atoms with Gasteiger partial charge in [0, 0.05) is 44.8 Å². The van der Waals surface area contributed by atoms with Crippen molar-refractivity contribution < 1.29 is 9.59 Å². The molecule has 1 aromatic carbocycles. The molecule has 1 saturated heterocycles. The molecule has 1 aliphatic heterocycles. The van der Waals surface area contributed by atoms with Crippen molar-refractivity contribution in [1.29, 1.82) is 0 Å². The van der Waals surface area contributed by atoms with Gasteiger partial charge >= 0.3 is 0 Å². The zero-order valence-electron chi connectivity index (χ0n) is 17.6. The van der Waals surface area contributed by atoms with E-state index in [1.807, 2.05) is 38.6 Å². The summed E-state index contributed by atoms with van der Waals surface area (Å²) in [7, 11) is 0. The molecule has 2 aliphatic rings. The molecule has 2 amide bonds. The number of aromatic nitrogens is 3. The van der Waals surface area contributed by atoms with Crippen molar-refractivity contribution >= 4 is 23.0 Å².